The first-order valence-electron chi connectivity index (χ1n) is 5.19. The minimum atomic E-state index is 0.109. The van der Waals surface area contributed by atoms with Crippen LogP contribution in [-0.2, 0) is 9.63 Å². The average molecular weight is 187 g/mol. The summed E-state index contributed by atoms with van der Waals surface area (Å²) in [7, 11) is 0. The second kappa shape index (κ2) is 8.05. The molecule has 0 N–H and O–H groups in total. The number of unbranched alkanes of at least 4 members (excludes halogenated alkanes) is 2. The lowest BCUT2D eigenvalue weighted by molar-refractivity contribution is -0.183. The normalized spacial score (nSPS) is 10.1. The molecule has 0 saturated heterocycles. The highest BCUT2D eigenvalue weighted by atomic mass is 16.7. The van der Waals surface area contributed by atoms with Gasteiger partial charge in [0.2, 0.25) is 5.91 Å². The molecule has 0 radical (unpaired) electrons. The maximum Gasteiger partial charge on any atom is 0.246 e. The molecule has 3 nitrogen and oxygen atoms in total. The van der Waals surface area contributed by atoms with Gasteiger partial charge in [-0.1, -0.05) is 19.8 Å². The first-order chi connectivity index (χ1) is 6.26. The summed E-state index contributed by atoms with van der Waals surface area (Å²) in [5.41, 5.74) is 0. The minimum absolute atomic E-state index is 0.109. The summed E-state index contributed by atoms with van der Waals surface area (Å²) < 4.78 is 0. The molecule has 0 bridgehead atoms. The molecule has 0 spiro atoms. The Hall–Kier alpha value is -0.570. The van der Waals surface area contributed by atoms with E-state index in [1.165, 1.54) is 5.06 Å². The van der Waals surface area contributed by atoms with Crippen molar-refractivity contribution in [2.45, 2.75) is 46.5 Å². The van der Waals surface area contributed by atoms with E-state index < -0.39 is 0 Å². The number of nitrogens with zero attached hydrogens (tertiary/aromatic N) is 1. The zero-order chi connectivity index (χ0) is 10.1. The lowest BCUT2D eigenvalue weighted by atomic mass is 10.2. The molecular weight excluding hydrogens is 166 g/mol. The maximum absolute atomic E-state index is 11.4. The van der Waals surface area contributed by atoms with Crippen molar-refractivity contribution in [1.29, 1.82) is 0 Å². The number of carbonyl (C=O) groups excluding carboxylic acids is 1. The molecule has 0 atom stereocenters. The van der Waals surface area contributed by atoms with E-state index in [4.69, 9.17) is 4.84 Å². The fraction of sp³-hybridized carbons (Fsp3) is 0.900. The second-order valence-corrected chi connectivity index (χ2v) is 2.96. The third-order valence-corrected chi connectivity index (χ3v) is 1.84. The van der Waals surface area contributed by atoms with Gasteiger partial charge < -0.3 is 0 Å². The van der Waals surface area contributed by atoms with Gasteiger partial charge >= 0.3 is 0 Å². The standard InChI is InChI=1S/C10H21NO2/c1-4-7-8-9-10(12)11(5-2)13-6-3/h4-9H2,1-3H3. The van der Waals surface area contributed by atoms with E-state index in [1.807, 2.05) is 13.8 Å². The lowest BCUT2D eigenvalue weighted by Gasteiger charge is -2.18. The van der Waals surface area contributed by atoms with E-state index in [2.05, 4.69) is 6.92 Å². The highest BCUT2D eigenvalue weighted by Gasteiger charge is 2.10. The number of amides is 1. The van der Waals surface area contributed by atoms with Crippen LogP contribution in [0.2, 0.25) is 0 Å². The summed E-state index contributed by atoms with van der Waals surface area (Å²) in [6.45, 7) is 7.14. The molecule has 0 heterocycles. The van der Waals surface area contributed by atoms with Crippen LogP contribution in [0.4, 0.5) is 0 Å². The van der Waals surface area contributed by atoms with E-state index in [0.29, 0.717) is 19.6 Å². The number of carbonyl (C=O) groups is 1. The molecule has 0 aromatic heterocycles. The van der Waals surface area contributed by atoms with Crippen molar-refractivity contribution < 1.29 is 9.63 Å². The molecule has 0 saturated carbocycles. The van der Waals surface area contributed by atoms with Crippen LogP contribution in [0.3, 0.4) is 0 Å². The van der Waals surface area contributed by atoms with Gasteiger partial charge in [0, 0.05) is 13.0 Å². The Morgan fingerprint density at radius 1 is 1.23 bits per heavy atom. The van der Waals surface area contributed by atoms with E-state index in [-0.39, 0.29) is 5.91 Å². The van der Waals surface area contributed by atoms with Gasteiger partial charge in [0.25, 0.3) is 0 Å². The fourth-order valence-corrected chi connectivity index (χ4v) is 1.15. The third kappa shape index (κ3) is 5.64. The molecule has 0 aliphatic rings. The van der Waals surface area contributed by atoms with Crippen molar-refractivity contribution in [3.8, 4) is 0 Å². The van der Waals surface area contributed by atoms with Gasteiger partial charge in [-0.3, -0.25) is 9.63 Å². The summed E-state index contributed by atoms with van der Waals surface area (Å²) in [6, 6.07) is 0. The monoisotopic (exact) mass is 187 g/mol. The van der Waals surface area contributed by atoms with Gasteiger partial charge in [0.15, 0.2) is 0 Å². The van der Waals surface area contributed by atoms with Crippen molar-refractivity contribution in [3.05, 3.63) is 0 Å². The molecule has 0 rings (SSSR count). The second-order valence-electron chi connectivity index (χ2n) is 2.96. The summed E-state index contributed by atoms with van der Waals surface area (Å²) in [5.74, 6) is 0.109. The summed E-state index contributed by atoms with van der Waals surface area (Å²) >= 11 is 0. The molecule has 0 aliphatic heterocycles. The van der Waals surface area contributed by atoms with Crippen LogP contribution in [0.25, 0.3) is 0 Å². The minimum Gasteiger partial charge on any atom is -0.273 e. The number of hydrogen-bond acceptors (Lipinski definition) is 2. The SMILES string of the molecule is CCCCCC(=O)N(CC)OCC. The van der Waals surface area contributed by atoms with E-state index in [1.54, 1.807) is 0 Å². The predicted octanol–water partition coefficient (Wildman–Crippen LogP) is 2.37. The molecule has 3 heteroatoms. The molecule has 0 aliphatic carbocycles. The van der Waals surface area contributed by atoms with Crippen molar-refractivity contribution in [1.82, 2.24) is 5.06 Å². The molecule has 0 aromatic rings. The van der Waals surface area contributed by atoms with Crippen LogP contribution >= 0.6 is 0 Å². The number of hydrogen-bond donors (Lipinski definition) is 0. The molecule has 1 amide bonds. The van der Waals surface area contributed by atoms with Crippen LogP contribution in [-0.4, -0.2) is 24.1 Å². The summed E-state index contributed by atoms with van der Waals surface area (Å²) in [4.78, 5) is 16.6. The van der Waals surface area contributed by atoms with Gasteiger partial charge in [-0.2, -0.15) is 0 Å². The van der Waals surface area contributed by atoms with Gasteiger partial charge in [0.1, 0.15) is 0 Å². The Morgan fingerprint density at radius 3 is 2.38 bits per heavy atom. The van der Waals surface area contributed by atoms with E-state index in [9.17, 15) is 4.79 Å². The van der Waals surface area contributed by atoms with Crippen LogP contribution in [0, 0.1) is 0 Å². The quantitative estimate of drug-likeness (QED) is 0.452. The summed E-state index contributed by atoms with van der Waals surface area (Å²) in [5, 5.41) is 1.45. The van der Waals surface area contributed by atoms with E-state index in [0.717, 1.165) is 19.3 Å². The smallest absolute Gasteiger partial charge is 0.246 e. The molecule has 13 heavy (non-hydrogen) atoms. The van der Waals surface area contributed by atoms with Crippen molar-refractivity contribution >= 4 is 5.91 Å². The van der Waals surface area contributed by atoms with Crippen LogP contribution in [0.1, 0.15) is 46.5 Å². The molecule has 78 valence electrons. The lowest BCUT2D eigenvalue weighted by Crippen LogP contribution is -2.30. The Balaban J connectivity index is 3.64. The van der Waals surface area contributed by atoms with Crippen molar-refractivity contribution in [3.63, 3.8) is 0 Å². The molecule has 0 unspecified atom stereocenters. The highest BCUT2D eigenvalue weighted by Crippen LogP contribution is 2.03. The Kier molecular flexibility index (Phi) is 7.69. The van der Waals surface area contributed by atoms with Crippen molar-refractivity contribution in [2.24, 2.45) is 0 Å². The first-order valence-corrected chi connectivity index (χ1v) is 5.19. The van der Waals surface area contributed by atoms with Gasteiger partial charge in [0.05, 0.1) is 6.61 Å². The van der Waals surface area contributed by atoms with Gasteiger partial charge in [-0.25, -0.2) is 5.06 Å². The average Bonchev–Trinajstić information content (AvgIpc) is 2.14. The molecule has 0 fully saturated rings. The van der Waals surface area contributed by atoms with Crippen molar-refractivity contribution in [2.75, 3.05) is 13.2 Å². The third-order valence-electron chi connectivity index (χ3n) is 1.84. The molecular formula is C10H21NO2. The Bertz CT molecular complexity index is 137. The van der Waals surface area contributed by atoms with Crippen LogP contribution < -0.4 is 0 Å². The maximum atomic E-state index is 11.4. The highest BCUT2D eigenvalue weighted by molar-refractivity contribution is 5.74. The predicted molar refractivity (Wildman–Crippen MR) is 53.2 cm³/mol. The zero-order valence-electron chi connectivity index (χ0n) is 9.01. The largest absolute Gasteiger partial charge is 0.273 e. The first kappa shape index (κ1) is 12.4. The van der Waals surface area contributed by atoms with Gasteiger partial charge in [-0.15, -0.1) is 0 Å². The van der Waals surface area contributed by atoms with Crippen LogP contribution in [0.15, 0.2) is 0 Å². The zero-order valence-corrected chi connectivity index (χ0v) is 9.01. The van der Waals surface area contributed by atoms with Crippen LogP contribution in [0.5, 0.6) is 0 Å². The fourth-order valence-electron chi connectivity index (χ4n) is 1.15. The summed E-state index contributed by atoms with van der Waals surface area (Å²) in [6.07, 6.45) is 3.85. The Morgan fingerprint density at radius 2 is 1.92 bits per heavy atom. The number of rotatable bonds is 7. The Labute approximate surface area is 81.0 Å². The topological polar surface area (TPSA) is 29.5 Å². The van der Waals surface area contributed by atoms with Gasteiger partial charge in [-0.05, 0) is 20.3 Å². The molecule has 0 aromatic carbocycles. The van der Waals surface area contributed by atoms with E-state index >= 15 is 0 Å². The number of hydroxylamine groups is 2.